The molecule has 0 radical (unpaired) electrons. The van der Waals surface area contributed by atoms with Gasteiger partial charge in [-0.15, -0.1) is 0 Å². The number of aromatic nitrogens is 2. The third kappa shape index (κ3) is 4.19. The fourth-order valence-corrected chi connectivity index (χ4v) is 4.03. The first-order chi connectivity index (χ1) is 13.0. The summed E-state index contributed by atoms with van der Waals surface area (Å²) in [5.41, 5.74) is 6.38. The highest BCUT2D eigenvalue weighted by Gasteiger charge is 2.33. The van der Waals surface area contributed by atoms with Gasteiger partial charge in [-0.25, -0.2) is 14.8 Å². The zero-order valence-electron chi connectivity index (χ0n) is 15.5. The monoisotopic (exact) mass is 388 g/mol. The van der Waals surface area contributed by atoms with Crippen molar-refractivity contribution >= 4 is 34.2 Å². The van der Waals surface area contributed by atoms with E-state index in [2.05, 4.69) is 34.0 Å². The van der Waals surface area contributed by atoms with Crippen molar-refractivity contribution in [2.75, 3.05) is 29.9 Å². The zero-order valence-corrected chi connectivity index (χ0v) is 16.3. The van der Waals surface area contributed by atoms with Crippen molar-refractivity contribution in [3.8, 4) is 10.4 Å². The minimum Gasteiger partial charge on any atom is -0.368 e. The number of carbonyl (C=O) groups excluding carboxylic acids is 2. The lowest BCUT2D eigenvalue weighted by atomic mass is 10.2. The molecule has 8 nitrogen and oxygen atoms in total. The summed E-state index contributed by atoms with van der Waals surface area (Å²) in [6.45, 7) is 6.47. The molecule has 3 amide bonds. The molecule has 2 aromatic rings. The largest absolute Gasteiger partial charge is 0.368 e. The third-order valence-electron chi connectivity index (χ3n) is 4.68. The lowest BCUT2D eigenvalue weighted by Gasteiger charge is -2.21. The normalized spacial score (nSPS) is 16.4. The van der Waals surface area contributed by atoms with Crippen LogP contribution in [-0.2, 0) is 4.79 Å². The van der Waals surface area contributed by atoms with Gasteiger partial charge in [-0.05, 0) is 44.4 Å². The lowest BCUT2D eigenvalue weighted by molar-refractivity contribution is -0.121. The first kappa shape index (κ1) is 19.1. The van der Waals surface area contributed by atoms with Crippen molar-refractivity contribution in [3.63, 3.8) is 0 Å². The van der Waals surface area contributed by atoms with E-state index >= 15 is 0 Å². The van der Waals surface area contributed by atoms with Gasteiger partial charge in [-0.3, -0.25) is 10.1 Å². The average Bonchev–Trinajstić information content (AvgIpc) is 3.32. The molecule has 0 aliphatic carbocycles. The maximum Gasteiger partial charge on any atom is 0.324 e. The summed E-state index contributed by atoms with van der Waals surface area (Å²) in [4.78, 5) is 37.2. The number of amides is 3. The summed E-state index contributed by atoms with van der Waals surface area (Å²) in [6.07, 6.45) is 4.89. The Kier molecular flexibility index (Phi) is 5.90. The van der Waals surface area contributed by atoms with E-state index in [0.29, 0.717) is 18.1 Å². The van der Waals surface area contributed by atoms with E-state index < -0.39 is 11.9 Å². The highest BCUT2D eigenvalue weighted by Crippen LogP contribution is 2.31. The van der Waals surface area contributed by atoms with E-state index in [1.54, 1.807) is 12.4 Å². The quantitative estimate of drug-likeness (QED) is 0.791. The van der Waals surface area contributed by atoms with Gasteiger partial charge in [0.15, 0.2) is 5.13 Å². The first-order valence-corrected chi connectivity index (χ1v) is 9.89. The van der Waals surface area contributed by atoms with Crippen LogP contribution in [0.2, 0.25) is 0 Å². The number of nitrogens with one attached hydrogen (secondary N) is 1. The summed E-state index contributed by atoms with van der Waals surface area (Å²) < 4.78 is 0. The molecule has 27 heavy (non-hydrogen) atoms. The fraction of sp³-hybridized carbons (Fsp3) is 0.444. The predicted octanol–water partition coefficient (Wildman–Crippen LogP) is 2.53. The Hall–Kier alpha value is -2.68. The molecule has 0 unspecified atom stereocenters. The van der Waals surface area contributed by atoms with Crippen LogP contribution in [0.4, 0.5) is 15.7 Å². The number of thiazole rings is 1. The molecule has 0 saturated carbocycles. The number of carbonyl (C=O) groups is 2. The zero-order chi connectivity index (χ0) is 19.4. The summed E-state index contributed by atoms with van der Waals surface area (Å²) in [5, 5.41) is 3.27. The molecule has 3 heterocycles. The van der Waals surface area contributed by atoms with Crippen LogP contribution in [0.3, 0.4) is 0 Å². The second-order valence-electron chi connectivity index (χ2n) is 6.29. The van der Waals surface area contributed by atoms with Crippen LogP contribution in [0.15, 0.2) is 24.5 Å². The molecule has 1 fully saturated rings. The second kappa shape index (κ2) is 8.34. The van der Waals surface area contributed by atoms with Crippen molar-refractivity contribution in [1.82, 2.24) is 14.9 Å². The number of hydrogen-bond acceptors (Lipinski definition) is 6. The Morgan fingerprint density at radius 1 is 1.37 bits per heavy atom. The summed E-state index contributed by atoms with van der Waals surface area (Å²) in [6, 6.07) is 3.07. The number of nitrogens with zero attached hydrogens (tertiary/aromatic N) is 4. The van der Waals surface area contributed by atoms with Gasteiger partial charge in [-0.2, -0.15) is 0 Å². The molecule has 1 saturated heterocycles. The van der Waals surface area contributed by atoms with Crippen LogP contribution in [0.25, 0.3) is 10.4 Å². The number of rotatable bonds is 6. The van der Waals surface area contributed by atoms with E-state index in [1.807, 2.05) is 12.1 Å². The number of likely N-dealkylation sites (tertiary alicyclic amines) is 1. The van der Waals surface area contributed by atoms with Crippen molar-refractivity contribution in [1.29, 1.82) is 0 Å². The standard InChI is InChI=1S/C18H24N6O2S/c1-3-23(4-2)15-10-12(7-8-20-15)14-11-21-17(27-14)22-18(26)24-9-5-6-13(24)16(19)25/h7-8,10-11,13H,3-6,9H2,1-2H3,(H2,19,25)(H,21,22,26)/t13-/m0/s1. The smallest absolute Gasteiger partial charge is 0.324 e. The molecule has 0 spiro atoms. The Morgan fingerprint density at radius 3 is 2.85 bits per heavy atom. The van der Waals surface area contributed by atoms with E-state index in [-0.39, 0.29) is 6.03 Å². The topological polar surface area (TPSA) is 104 Å². The Morgan fingerprint density at radius 2 is 2.15 bits per heavy atom. The minimum absolute atomic E-state index is 0.337. The number of urea groups is 1. The molecule has 0 bridgehead atoms. The average molecular weight is 388 g/mol. The van der Waals surface area contributed by atoms with Gasteiger partial charge in [0.2, 0.25) is 5.91 Å². The van der Waals surface area contributed by atoms with Crippen LogP contribution in [0.1, 0.15) is 26.7 Å². The van der Waals surface area contributed by atoms with Crippen molar-refractivity contribution in [2.45, 2.75) is 32.7 Å². The molecule has 144 valence electrons. The maximum absolute atomic E-state index is 12.5. The number of primary amides is 1. The number of nitrogens with two attached hydrogens (primary N) is 1. The van der Waals surface area contributed by atoms with Gasteiger partial charge >= 0.3 is 6.03 Å². The molecule has 1 atom stereocenters. The minimum atomic E-state index is -0.541. The Labute approximate surface area is 162 Å². The predicted molar refractivity (Wildman–Crippen MR) is 107 cm³/mol. The first-order valence-electron chi connectivity index (χ1n) is 9.07. The summed E-state index contributed by atoms with van der Waals surface area (Å²) in [5.74, 6) is 0.445. The van der Waals surface area contributed by atoms with Crippen molar-refractivity contribution < 1.29 is 9.59 Å². The highest BCUT2D eigenvalue weighted by molar-refractivity contribution is 7.19. The van der Waals surface area contributed by atoms with Crippen LogP contribution in [-0.4, -0.2) is 52.5 Å². The number of pyridine rings is 1. The van der Waals surface area contributed by atoms with Crippen molar-refractivity contribution in [2.24, 2.45) is 5.73 Å². The Bertz CT molecular complexity index is 820. The number of hydrogen-bond donors (Lipinski definition) is 2. The van der Waals surface area contributed by atoms with Gasteiger partial charge in [0.1, 0.15) is 11.9 Å². The van der Waals surface area contributed by atoms with Gasteiger partial charge < -0.3 is 15.5 Å². The van der Waals surface area contributed by atoms with E-state index in [4.69, 9.17) is 5.73 Å². The number of anilines is 2. The van der Waals surface area contributed by atoms with Gasteiger partial charge in [0.05, 0.1) is 4.88 Å². The highest BCUT2D eigenvalue weighted by atomic mass is 32.1. The summed E-state index contributed by atoms with van der Waals surface area (Å²) >= 11 is 1.39. The SMILES string of the molecule is CCN(CC)c1cc(-c2cnc(NC(=O)N3CCC[C@H]3C(N)=O)s2)ccn1. The molecule has 2 aromatic heterocycles. The molecule has 1 aliphatic rings. The van der Waals surface area contributed by atoms with Crippen LogP contribution in [0, 0.1) is 0 Å². The molecule has 3 N–H and O–H groups in total. The Balaban J connectivity index is 1.73. The maximum atomic E-state index is 12.5. The molecular weight excluding hydrogens is 364 g/mol. The van der Waals surface area contributed by atoms with E-state index in [0.717, 1.165) is 35.8 Å². The van der Waals surface area contributed by atoms with Crippen LogP contribution < -0.4 is 16.0 Å². The van der Waals surface area contributed by atoms with E-state index in [9.17, 15) is 9.59 Å². The molecule has 9 heteroatoms. The molecule has 0 aromatic carbocycles. The van der Waals surface area contributed by atoms with Gasteiger partial charge in [0, 0.05) is 32.0 Å². The fourth-order valence-electron chi connectivity index (χ4n) is 3.23. The molecule has 3 rings (SSSR count). The van der Waals surface area contributed by atoms with Gasteiger partial charge in [0.25, 0.3) is 0 Å². The van der Waals surface area contributed by atoms with Crippen LogP contribution >= 0.6 is 11.3 Å². The molecular formula is C18H24N6O2S. The molecule has 1 aliphatic heterocycles. The van der Waals surface area contributed by atoms with Crippen LogP contribution in [0.5, 0.6) is 0 Å². The third-order valence-corrected chi connectivity index (χ3v) is 5.64. The summed E-state index contributed by atoms with van der Waals surface area (Å²) in [7, 11) is 0. The van der Waals surface area contributed by atoms with E-state index in [1.165, 1.54) is 16.2 Å². The van der Waals surface area contributed by atoms with Crippen molar-refractivity contribution in [3.05, 3.63) is 24.5 Å². The van der Waals surface area contributed by atoms with Gasteiger partial charge in [-0.1, -0.05) is 11.3 Å². The second-order valence-corrected chi connectivity index (χ2v) is 7.32. The lowest BCUT2D eigenvalue weighted by Crippen LogP contribution is -2.45.